The summed E-state index contributed by atoms with van der Waals surface area (Å²) in [6, 6.07) is 3.57. The number of phenols is 1. The van der Waals surface area contributed by atoms with Crippen molar-refractivity contribution in [3.8, 4) is 5.75 Å². The summed E-state index contributed by atoms with van der Waals surface area (Å²) in [6.45, 7) is -0.313. The van der Waals surface area contributed by atoms with E-state index >= 15 is 0 Å². The van der Waals surface area contributed by atoms with E-state index in [9.17, 15) is 19.5 Å². The lowest BCUT2D eigenvalue weighted by Gasteiger charge is -2.31. The van der Waals surface area contributed by atoms with Gasteiger partial charge in [-0.15, -0.1) is 0 Å². The van der Waals surface area contributed by atoms with Crippen molar-refractivity contribution in [1.29, 1.82) is 0 Å². The smallest absolute Gasteiger partial charge is 0.355 e. The highest BCUT2D eigenvalue weighted by molar-refractivity contribution is 6.03. The molecule has 24 heavy (non-hydrogen) atoms. The molecule has 0 saturated heterocycles. The van der Waals surface area contributed by atoms with Gasteiger partial charge in [0, 0.05) is 0 Å². The SMILES string of the molecule is COC(=O)C1=C(C(=O)OC)N(c2ccc(C(=O)O)cc2O)COC1. The maximum Gasteiger partial charge on any atom is 0.355 e. The quantitative estimate of drug-likeness (QED) is 0.755. The average Bonchev–Trinajstić information content (AvgIpc) is 2.59. The average molecular weight is 337 g/mol. The molecule has 1 aromatic carbocycles. The molecule has 2 rings (SSSR count). The van der Waals surface area contributed by atoms with Crippen LogP contribution >= 0.6 is 0 Å². The number of nitrogens with zero attached hydrogens (tertiary/aromatic N) is 1. The van der Waals surface area contributed by atoms with Crippen molar-refractivity contribution in [3.63, 3.8) is 0 Å². The zero-order valence-corrected chi connectivity index (χ0v) is 12.9. The predicted octanol–water partition coefficient (Wildman–Crippen LogP) is 0.485. The van der Waals surface area contributed by atoms with Gasteiger partial charge in [-0.3, -0.25) is 0 Å². The number of carboxylic acids is 1. The molecule has 2 N–H and O–H groups in total. The van der Waals surface area contributed by atoms with Crippen LogP contribution in [0.1, 0.15) is 10.4 Å². The molecule has 128 valence electrons. The number of benzene rings is 1. The molecule has 1 aromatic rings. The van der Waals surface area contributed by atoms with Gasteiger partial charge in [0.2, 0.25) is 0 Å². The molecule has 0 spiro atoms. The first kappa shape index (κ1) is 17.3. The summed E-state index contributed by atoms with van der Waals surface area (Å²) in [4.78, 5) is 36.1. The Labute approximate surface area is 136 Å². The molecule has 0 radical (unpaired) electrons. The zero-order valence-electron chi connectivity index (χ0n) is 12.9. The van der Waals surface area contributed by atoms with E-state index in [-0.39, 0.29) is 35.9 Å². The maximum absolute atomic E-state index is 12.1. The lowest BCUT2D eigenvalue weighted by molar-refractivity contribution is -0.140. The Bertz CT molecular complexity index is 724. The summed E-state index contributed by atoms with van der Waals surface area (Å²) in [7, 11) is 2.30. The second-order valence-electron chi connectivity index (χ2n) is 4.72. The Balaban J connectivity index is 2.57. The van der Waals surface area contributed by atoms with Crippen LogP contribution in [0.2, 0.25) is 0 Å². The number of methoxy groups -OCH3 is 2. The van der Waals surface area contributed by atoms with Crippen molar-refractivity contribution in [3.05, 3.63) is 35.0 Å². The number of ether oxygens (including phenoxy) is 3. The van der Waals surface area contributed by atoms with E-state index in [2.05, 4.69) is 4.74 Å². The monoisotopic (exact) mass is 337 g/mol. The summed E-state index contributed by atoms with van der Waals surface area (Å²) in [6.07, 6.45) is 0. The largest absolute Gasteiger partial charge is 0.506 e. The van der Waals surface area contributed by atoms with E-state index in [1.165, 1.54) is 17.0 Å². The summed E-state index contributed by atoms with van der Waals surface area (Å²) >= 11 is 0. The van der Waals surface area contributed by atoms with E-state index in [4.69, 9.17) is 14.6 Å². The lowest BCUT2D eigenvalue weighted by Crippen LogP contribution is -2.38. The molecular weight excluding hydrogens is 322 g/mol. The number of anilines is 1. The van der Waals surface area contributed by atoms with Crippen molar-refractivity contribution < 1.29 is 38.8 Å². The van der Waals surface area contributed by atoms with Gasteiger partial charge in [-0.2, -0.15) is 0 Å². The first-order valence-electron chi connectivity index (χ1n) is 6.72. The first-order chi connectivity index (χ1) is 11.4. The van der Waals surface area contributed by atoms with Gasteiger partial charge in [0.15, 0.2) is 0 Å². The summed E-state index contributed by atoms with van der Waals surface area (Å²) in [5.41, 5.74) is -0.265. The Morgan fingerprint density at radius 3 is 2.38 bits per heavy atom. The number of carboxylic acid groups (broad SMARTS) is 1. The second kappa shape index (κ2) is 7.01. The topological polar surface area (TPSA) is 123 Å². The van der Waals surface area contributed by atoms with Crippen LogP contribution in [-0.4, -0.2) is 55.7 Å². The van der Waals surface area contributed by atoms with Crippen molar-refractivity contribution in [2.75, 3.05) is 32.5 Å². The molecular formula is C15H15NO8. The number of rotatable bonds is 4. The molecule has 0 unspecified atom stereocenters. The van der Waals surface area contributed by atoms with Crippen LogP contribution in [0.3, 0.4) is 0 Å². The molecule has 0 atom stereocenters. The Morgan fingerprint density at radius 2 is 1.83 bits per heavy atom. The highest BCUT2D eigenvalue weighted by atomic mass is 16.5. The van der Waals surface area contributed by atoms with Crippen LogP contribution in [0, 0.1) is 0 Å². The van der Waals surface area contributed by atoms with Gasteiger partial charge in [0.1, 0.15) is 18.2 Å². The fourth-order valence-corrected chi connectivity index (χ4v) is 2.22. The van der Waals surface area contributed by atoms with Crippen molar-refractivity contribution >= 4 is 23.6 Å². The molecule has 9 nitrogen and oxygen atoms in total. The van der Waals surface area contributed by atoms with Gasteiger partial charge in [0.05, 0.1) is 37.7 Å². The number of carbonyl (C=O) groups is 3. The van der Waals surface area contributed by atoms with Crippen molar-refractivity contribution in [2.45, 2.75) is 0 Å². The molecule has 0 aromatic heterocycles. The summed E-state index contributed by atoms with van der Waals surface area (Å²) in [5.74, 6) is -3.21. The number of aromatic carboxylic acids is 1. The molecule has 0 aliphatic carbocycles. The number of phenolic OH excluding ortho intramolecular Hbond substituents is 1. The molecule has 0 bridgehead atoms. The van der Waals surface area contributed by atoms with Gasteiger partial charge in [-0.25, -0.2) is 14.4 Å². The highest BCUT2D eigenvalue weighted by Crippen LogP contribution is 2.34. The summed E-state index contributed by atoms with van der Waals surface area (Å²) < 4.78 is 14.6. The van der Waals surface area contributed by atoms with Gasteiger partial charge in [-0.1, -0.05) is 0 Å². The Kier molecular flexibility index (Phi) is 5.05. The third-order valence-electron chi connectivity index (χ3n) is 3.35. The standard InChI is InChI=1S/C15H15NO8/c1-22-14(20)9-6-24-7-16(12(9)15(21)23-2)10-4-3-8(13(18)19)5-11(10)17/h3-5,17H,6-7H2,1-2H3,(H,18,19). The minimum absolute atomic E-state index is 0.0719. The lowest BCUT2D eigenvalue weighted by atomic mass is 10.1. The predicted molar refractivity (Wildman–Crippen MR) is 79.4 cm³/mol. The molecule has 0 saturated carbocycles. The van der Waals surface area contributed by atoms with Crippen LogP contribution in [0.4, 0.5) is 5.69 Å². The van der Waals surface area contributed by atoms with E-state index in [1.807, 2.05) is 0 Å². The first-order valence-corrected chi connectivity index (χ1v) is 6.72. The number of hydrogen-bond donors (Lipinski definition) is 2. The highest BCUT2D eigenvalue weighted by Gasteiger charge is 2.33. The normalized spacial score (nSPS) is 14.3. The van der Waals surface area contributed by atoms with Gasteiger partial charge in [0.25, 0.3) is 0 Å². The maximum atomic E-state index is 12.1. The van der Waals surface area contributed by atoms with Crippen molar-refractivity contribution in [2.24, 2.45) is 0 Å². The van der Waals surface area contributed by atoms with Gasteiger partial charge < -0.3 is 29.3 Å². The van der Waals surface area contributed by atoms with E-state index < -0.39 is 23.7 Å². The Morgan fingerprint density at radius 1 is 1.17 bits per heavy atom. The molecule has 1 aliphatic rings. The van der Waals surface area contributed by atoms with Crippen LogP contribution in [-0.2, 0) is 23.8 Å². The van der Waals surface area contributed by atoms with Crippen LogP contribution in [0.15, 0.2) is 29.5 Å². The molecule has 9 heteroatoms. The van der Waals surface area contributed by atoms with E-state index in [0.717, 1.165) is 20.3 Å². The Hall–Kier alpha value is -3.07. The minimum Gasteiger partial charge on any atom is -0.506 e. The molecule has 0 fully saturated rings. The number of carbonyl (C=O) groups excluding carboxylic acids is 2. The van der Waals surface area contributed by atoms with E-state index in [1.54, 1.807) is 0 Å². The molecule has 1 aliphatic heterocycles. The van der Waals surface area contributed by atoms with Crippen molar-refractivity contribution in [1.82, 2.24) is 0 Å². The molecule has 1 heterocycles. The second-order valence-corrected chi connectivity index (χ2v) is 4.72. The van der Waals surface area contributed by atoms with E-state index in [0.29, 0.717) is 0 Å². The fraction of sp³-hybridized carbons (Fsp3) is 0.267. The van der Waals surface area contributed by atoms with Crippen LogP contribution in [0.5, 0.6) is 5.75 Å². The minimum atomic E-state index is -1.22. The third kappa shape index (κ3) is 3.15. The zero-order chi connectivity index (χ0) is 17.9. The fourth-order valence-electron chi connectivity index (χ4n) is 2.22. The summed E-state index contributed by atoms with van der Waals surface area (Å²) in [5, 5.41) is 19.0. The third-order valence-corrected chi connectivity index (χ3v) is 3.35. The van der Waals surface area contributed by atoms with Crippen LogP contribution in [0.25, 0.3) is 0 Å². The molecule has 0 amide bonds. The number of aromatic hydroxyl groups is 1. The van der Waals surface area contributed by atoms with Gasteiger partial charge >= 0.3 is 17.9 Å². The number of esters is 2. The van der Waals surface area contributed by atoms with Gasteiger partial charge in [-0.05, 0) is 18.2 Å². The van der Waals surface area contributed by atoms with Crippen LogP contribution < -0.4 is 4.90 Å². The number of hydrogen-bond acceptors (Lipinski definition) is 8.